The second-order valence-corrected chi connectivity index (χ2v) is 4.98. The van der Waals surface area contributed by atoms with E-state index < -0.39 is 0 Å². The zero-order valence-corrected chi connectivity index (χ0v) is 10.5. The molecule has 2 heterocycles. The van der Waals surface area contributed by atoms with Crippen molar-refractivity contribution in [3.05, 3.63) is 34.6 Å². The summed E-state index contributed by atoms with van der Waals surface area (Å²) in [6.45, 7) is 6.05. The molecule has 1 atom stereocenters. The Kier molecular flexibility index (Phi) is 3.03. The molecule has 0 aromatic carbocycles. The minimum atomic E-state index is 0.0494. The molecule has 0 aliphatic rings. The quantitative estimate of drug-likeness (QED) is 0.867. The second-order valence-electron chi connectivity index (χ2n) is 3.95. The van der Waals surface area contributed by atoms with Crippen LogP contribution in [0.25, 0.3) is 10.6 Å². The van der Waals surface area contributed by atoms with Gasteiger partial charge in [0, 0.05) is 28.9 Å². The van der Waals surface area contributed by atoms with Gasteiger partial charge in [0.1, 0.15) is 5.01 Å². The third-order valence-electron chi connectivity index (χ3n) is 2.50. The van der Waals surface area contributed by atoms with Gasteiger partial charge in [-0.25, -0.2) is 4.98 Å². The summed E-state index contributed by atoms with van der Waals surface area (Å²) in [6, 6.07) is 2.05. The molecule has 16 heavy (non-hydrogen) atoms. The SMILES string of the molecule is Cc1cnccc1-c1nc(C)c(C(C)N)s1. The summed E-state index contributed by atoms with van der Waals surface area (Å²) in [5.74, 6) is 0. The lowest BCUT2D eigenvalue weighted by atomic mass is 10.2. The van der Waals surface area contributed by atoms with Crippen molar-refractivity contribution in [3.63, 3.8) is 0 Å². The molecule has 84 valence electrons. The lowest BCUT2D eigenvalue weighted by Crippen LogP contribution is -2.03. The number of nitrogens with two attached hydrogens (primary N) is 1. The summed E-state index contributed by atoms with van der Waals surface area (Å²) in [7, 11) is 0. The smallest absolute Gasteiger partial charge is 0.124 e. The summed E-state index contributed by atoms with van der Waals surface area (Å²) in [5, 5.41) is 1.03. The van der Waals surface area contributed by atoms with Gasteiger partial charge in [0.25, 0.3) is 0 Å². The summed E-state index contributed by atoms with van der Waals surface area (Å²) in [5.41, 5.74) is 9.23. The van der Waals surface area contributed by atoms with Crippen molar-refractivity contribution in [1.29, 1.82) is 0 Å². The summed E-state index contributed by atoms with van der Waals surface area (Å²) in [4.78, 5) is 9.82. The normalized spacial score (nSPS) is 12.8. The van der Waals surface area contributed by atoms with Crippen LogP contribution in [0.2, 0.25) is 0 Å². The average Bonchev–Trinajstić information content (AvgIpc) is 2.61. The first-order valence-electron chi connectivity index (χ1n) is 5.23. The summed E-state index contributed by atoms with van der Waals surface area (Å²) in [6.07, 6.45) is 3.65. The molecule has 3 nitrogen and oxygen atoms in total. The molecule has 0 amide bonds. The first-order chi connectivity index (χ1) is 7.59. The van der Waals surface area contributed by atoms with Gasteiger partial charge in [0.05, 0.1) is 5.69 Å². The van der Waals surface area contributed by atoms with Crippen molar-refractivity contribution in [2.45, 2.75) is 26.8 Å². The van der Waals surface area contributed by atoms with Crippen LogP contribution in [-0.4, -0.2) is 9.97 Å². The van der Waals surface area contributed by atoms with E-state index in [0.29, 0.717) is 0 Å². The number of aryl methyl sites for hydroxylation is 2. The van der Waals surface area contributed by atoms with Gasteiger partial charge in [-0.1, -0.05) is 0 Å². The molecule has 2 aromatic rings. The third-order valence-corrected chi connectivity index (χ3v) is 3.89. The maximum absolute atomic E-state index is 5.90. The van der Waals surface area contributed by atoms with Crippen molar-refractivity contribution in [3.8, 4) is 10.6 Å². The van der Waals surface area contributed by atoms with Crippen molar-refractivity contribution in [2.75, 3.05) is 0 Å². The average molecular weight is 233 g/mol. The van der Waals surface area contributed by atoms with Gasteiger partial charge in [-0.15, -0.1) is 11.3 Å². The Morgan fingerprint density at radius 3 is 2.69 bits per heavy atom. The zero-order chi connectivity index (χ0) is 11.7. The van der Waals surface area contributed by atoms with Crippen LogP contribution < -0.4 is 5.73 Å². The van der Waals surface area contributed by atoms with E-state index >= 15 is 0 Å². The molecular formula is C12H15N3S. The Morgan fingerprint density at radius 2 is 2.12 bits per heavy atom. The van der Waals surface area contributed by atoms with Gasteiger partial charge in [-0.2, -0.15) is 0 Å². The molecule has 1 unspecified atom stereocenters. The predicted molar refractivity (Wildman–Crippen MR) is 67.4 cm³/mol. The highest BCUT2D eigenvalue weighted by Gasteiger charge is 2.13. The Labute approximate surface area is 99.4 Å². The molecule has 0 saturated carbocycles. The molecule has 2 rings (SSSR count). The van der Waals surface area contributed by atoms with E-state index in [1.807, 2.05) is 33.0 Å². The topological polar surface area (TPSA) is 51.8 Å². The maximum atomic E-state index is 5.90. The van der Waals surface area contributed by atoms with Crippen LogP contribution in [0.3, 0.4) is 0 Å². The number of pyridine rings is 1. The van der Waals surface area contributed by atoms with Crippen LogP contribution in [0, 0.1) is 13.8 Å². The summed E-state index contributed by atoms with van der Waals surface area (Å²) >= 11 is 1.67. The summed E-state index contributed by atoms with van der Waals surface area (Å²) < 4.78 is 0. The molecule has 2 N–H and O–H groups in total. The van der Waals surface area contributed by atoms with Crippen molar-refractivity contribution in [2.24, 2.45) is 5.73 Å². The van der Waals surface area contributed by atoms with E-state index in [-0.39, 0.29) is 6.04 Å². The molecule has 0 saturated heterocycles. The molecule has 0 aliphatic heterocycles. The third kappa shape index (κ3) is 1.99. The highest BCUT2D eigenvalue weighted by atomic mass is 32.1. The number of nitrogens with zero attached hydrogens (tertiary/aromatic N) is 2. The monoisotopic (exact) mass is 233 g/mol. The van der Waals surface area contributed by atoms with E-state index in [9.17, 15) is 0 Å². The molecule has 0 bridgehead atoms. The van der Waals surface area contributed by atoms with Crippen LogP contribution in [-0.2, 0) is 0 Å². The molecule has 0 radical (unpaired) electrons. The number of hydrogen-bond acceptors (Lipinski definition) is 4. The van der Waals surface area contributed by atoms with Crippen molar-refractivity contribution < 1.29 is 0 Å². The standard InChI is InChI=1S/C12H15N3S/c1-7-6-14-5-4-10(7)12-15-9(3)11(16-12)8(2)13/h4-6,8H,13H2,1-3H3. The van der Waals surface area contributed by atoms with E-state index in [0.717, 1.165) is 26.7 Å². The minimum Gasteiger partial charge on any atom is -0.323 e. The lowest BCUT2D eigenvalue weighted by molar-refractivity contribution is 0.825. The van der Waals surface area contributed by atoms with Crippen LogP contribution in [0.15, 0.2) is 18.5 Å². The highest BCUT2D eigenvalue weighted by molar-refractivity contribution is 7.15. The van der Waals surface area contributed by atoms with Gasteiger partial charge in [0.15, 0.2) is 0 Å². The first-order valence-corrected chi connectivity index (χ1v) is 6.05. The molecule has 4 heteroatoms. The maximum Gasteiger partial charge on any atom is 0.124 e. The molecule has 0 fully saturated rings. The zero-order valence-electron chi connectivity index (χ0n) is 9.69. The fourth-order valence-corrected chi connectivity index (χ4v) is 2.77. The highest BCUT2D eigenvalue weighted by Crippen LogP contribution is 2.31. The van der Waals surface area contributed by atoms with Gasteiger partial charge < -0.3 is 5.73 Å². The predicted octanol–water partition coefficient (Wildman–Crippen LogP) is 2.84. The van der Waals surface area contributed by atoms with Gasteiger partial charge >= 0.3 is 0 Å². The van der Waals surface area contributed by atoms with E-state index in [1.165, 1.54) is 0 Å². The van der Waals surface area contributed by atoms with Crippen LogP contribution in [0.4, 0.5) is 0 Å². The van der Waals surface area contributed by atoms with Crippen LogP contribution in [0.5, 0.6) is 0 Å². The minimum absolute atomic E-state index is 0.0494. The fraction of sp³-hybridized carbons (Fsp3) is 0.333. The van der Waals surface area contributed by atoms with Crippen molar-refractivity contribution >= 4 is 11.3 Å². The Balaban J connectivity index is 2.50. The second kappa shape index (κ2) is 4.31. The van der Waals surface area contributed by atoms with Gasteiger partial charge in [-0.3, -0.25) is 4.98 Å². The van der Waals surface area contributed by atoms with E-state index in [1.54, 1.807) is 17.5 Å². The Morgan fingerprint density at radius 1 is 1.38 bits per heavy atom. The first kappa shape index (κ1) is 11.2. The largest absolute Gasteiger partial charge is 0.323 e. The Bertz CT molecular complexity index is 503. The number of rotatable bonds is 2. The molecule has 0 spiro atoms. The lowest BCUT2D eigenvalue weighted by Gasteiger charge is -2.00. The van der Waals surface area contributed by atoms with Crippen molar-refractivity contribution in [1.82, 2.24) is 9.97 Å². The molecule has 2 aromatic heterocycles. The number of hydrogen-bond donors (Lipinski definition) is 1. The molecular weight excluding hydrogens is 218 g/mol. The van der Waals surface area contributed by atoms with E-state index in [4.69, 9.17) is 5.73 Å². The van der Waals surface area contributed by atoms with Crippen LogP contribution >= 0.6 is 11.3 Å². The van der Waals surface area contributed by atoms with Crippen LogP contribution in [0.1, 0.15) is 29.1 Å². The molecule has 0 aliphatic carbocycles. The Hall–Kier alpha value is -1.26. The van der Waals surface area contributed by atoms with E-state index in [2.05, 4.69) is 9.97 Å². The van der Waals surface area contributed by atoms with Gasteiger partial charge in [-0.05, 0) is 32.4 Å². The number of aromatic nitrogens is 2. The number of thiazole rings is 1. The van der Waals surface area contributed by atoms with Gasteiger partial charge in [0.2, 0.25) is 0 Å². The fourth-order valence-electron chi connectivity index (χ4n) is 1.66.